The summed E-state index contributed by atoms with van der Waals surface area (Å²) in [5.74, 6) is 0.181. The fourth-order valence-electron chi connectivity index (χ4n) is 2.93. The number of hydrogen-bond acceptors (Lipinski definition) is 2. The van der Waals surface area contributed by atoms with E-state index < -0.39 is 6.10 Å². The molecule has 1 unspecified atom stereocenters. The summed E-state index contributed by atoms with van der Waals surface area (Å²) in [5.41, 5.74) is 4.23. The van der Waals surface area contributed by atoms with Crippen molar-refractivity contribution in [3.8, 4) is 11.1 Å². The Balaban J connectivity index is 1.97. The summed E-state index contributed by atoms with van der Waals surface area (Å²) in [7, 11) is 0. The first-order valence-corrected chi connectivity index (χ1v) is 8.54. The van der Waals surface area contributed by atoms with Gasteiger partial charge < -0.3 is 5.11 Å². The molecular formula is C23H22O2. The number of benzene rings is 3. The highest BCUT2D eigenvalue weighted by Crippen LogP contribution is 2.29. The third kappa shape index (κ3) is 3.70. The van der Waals surface area contributed by atoms with Crippen LogP contribution in [0.1, 0.15) is 47.4 Å². The van der Waals surface area contributed by atoms with Gasteiger partial charge in [-0.15, -0.1) is 0 Å². The zero-order valence-corrected chi connectivity index (χ0v) is 14.5. The molecule has 0 aliphatic heterocycles. The second-order valence-corrected chi connectivity index (χ2v) is 6.50. The van der Waals surface area contributed by atoms with Crippen LogP contribution in [-0.2, 0) is 0 Å². The predicted molar refractivity (Wildman–Crippen MR) is 102 cm³/mol. The summed E-state index contributed by atoms with van der Waals surface area (Å²) in [6.07, 6.45) is -1.16. The average Bonchev–Trinajstić information content (AvgIpc) is 2.67. The molecular weight excluding hydrogens is 308 g/mol. The Kier molecular flexibility index (Phi) is 5.11. The van der Waals surface area contributed by atoms with E-state index in [2.05, 4.69) is 26.0 Å². The largest absolute Gasteiger partial charge is 0.380 e. The van der Waals surface area contributed by atoms with Crippen LogP contribution >= 0.6 is 0 Å². The van der Waals surface area contributed by atoms with Gasteiger partial charge in [-0.3, -0.25) is 4.79 Å². The lowest BCUT2D eigenvalue weighted by Gasteiger charge is -2.14. The lowest BCUT2D eigenvalue weighted by Crippen LogP contribution is -2.13. The molecule has 3 rings (SSSR count). The van der Waals surface area contributed by atoms with Crippen molar-refractivity contribution in [1.82, 2.24) is 0 Å². The zero-order chi connectivity index (χ0) is 17.8. The van der Waals surface area contributed by atoms with Gasteiger partial charge >= 0.3 is 0 Å². The average molecular weight is 330 g/mol. The molecule has 2 heteroatoms. The van der Waals surface area contributed by atoms with Crippen molar-refractivity contribution in [2.24, 2.45) is 0 Å². The van der Waals surface area contributed by atoms with Crippen LogP contribution in [0, 0.1) is 0 Å². The molecule has 0 aliphatic carbocycles. The molecule has 0 fully saturated rings. The van der Waals surface area contributed by atoms with Crippen molar-refractivity contribution >= 4 is 5.78 Å². The molecule has 0 bridgehead atoms. The molecule has 126 valence electrons. The van der Waals surface area contributed by atoms with Crippen LogP contribution in [0.25, 0.3) is 11.1 Å². The summed E-state index contributed by atoms with van der Waals surface area (Å²) in [6.45, 7) is 4.31. The lowest BCUT2D eigenvalue weighted by molar-refractivity contribution is 0.0748. The van der Waals surface area contributed by atoms with E-state index in [4.69, 9.17) is 0 Å². The fraction of sp³-hybridized carbons (Fsp3) is 0.174. The molecule has 2 nitrogen and oxygen atoms in total. The van der Waals surface area contributed by atoms with Crippen molar-refractivity contribution in [3.05, 3.63) is 95.6 Å². The second kappa shape index (κ2) is 7.45. The highest BCUT2D eigenvalue weighted by atomic mass is 16.3. The molecule has 0 saturated heterocycles. The maximum absolute atomic E-state index is 12.9. The minimum absolute atomic E-state index is 0.283. The number of hydrogen-bond donors (Lipinski definition) is 1. The second-order valence-electron chi connectivity index (χ2n) is 6.50. The Morgan fingerprint density at radius 3 is 2.00 bits per heavy atom. The molecule has 3 aromatic rings. The smallest absolute Gasteiger partial charge is 0.196 e. The van der Waals surface area contributed by atoms with Crippen LogP contribution in [0.5, 0.6) is 0 Å². The van der Waals surface area contributed by atoms with E-state index in [1.807, 2.05) is 48.5 Å². The quantitative estimate of drug-likeness (QED) is 0.637. The van der Waals surface area contributed by atoms with Crippen LogP contribution < -0.4 is 0 Å². The number of carbonyl (C=O) groups is 1. The number of aliphatic hydroxyl groups is 1. The molecule has 1 atom stereocenters. The molecule has 0 spiro atoms. The van der Waals surface area contributed by atoms with Gasteiger partial charge in [0.15, 0.2) is 5.78 Å². The number of Topliss-reactive ketones (excluding diaryl/α,β-unsaturated/α-hetero) is 1. The normalized spacial score (nSPS) is 12.2. The molecule has 0 radical (unpaired) electrons. The summed E-state index contributed by atoms with van der Waals surface area (Å²) in [5, 5.41) is 10.5. The molecule has 0 saturated carbocycles. The van der Waals surface area contributed by atoms with Crippen molar-refractivity contribution in [1.29, 1.82) is 0 Å². The number of aliphatic hydroxyl groups excluding tert-OH is 1. The Bertz CT molecular complexity index is 849. The molecule has 0 amide bonds. The topological polar surface area (TPSA) is 37.3 Å². The van der Waals surface area contributed by atoms with Gasteiger partial charge in [-0.2, -0.15) is 0 Å². The maximum atomic E-state index is 12.9. The third-order valence-electron chi connectivity index (χ3n) is 4.44. The molecule has 25 heavy (non-hydrogen) atoms. The van der Waals surface area contributed by atoms with Crippen LogP contribution in [-0.4, -0.2) is 10.9 Å². The van der Waals surface area contributed by atoms with Crippen LogP contribution in [0.15, 0.2) is 78.9 Å². The highest BCUT2D eigenvalue weighted by molar-refractivity contribution is 6.05. The summed E-state index contributed by atoms with van der Waals surface area (Å²) in [6, 6.07) is 24.8. The minimum atomic E-state index is -1.16. The highest BCUT2D eigenvalue weighted by Gasteiger charge is 2.21. The van der Waals surface area contributed by atoms with E-state index in [9.17, 15) is 9.90 Å². The summed E-state index contributed by atoms with van der Waals surface area (Å²) in [4.78, 5) is 12.9. The van der Waals surface area contributed by atoms with E-state index in [1.165, 1.54) is 5.56 Å². The van der Waals surface area contributed by atoms with Gasteiger partial charge in [0, 0.05) is 5.56 Å². The molecule has 3 aromatic carbocycles. The van der Waals surface area contributed by atoms with Gasteiger partial charge in [0.2, 0.25) is 0 Å². The Morgan fingerprint density at radius 1 is 0.760 bits per heavy atom. The van der Waals surface area contributed by atoms with Crippen molar-refractivity contribution in [2.45, 2.75) is 25.9 Å². The van der Waals surface area contributed by atoms with E-state index >= 15 is 0 Å². The van der Waals surface area contributed by atoms with Gasteiger partial charge in [0.25, 0.3) is 0 Å². The Hall–Kier alpha value is -2.71. The van der Waals surface area contributed by atoms with E-state index in [1.54, 1.807) is 18.2 Å². The summed E-state index contributed by atoms with van der Waals surface area (Å²) >= 11 is 0. The van der Waals surface area contributed by atoms with Crippen molar-refractivity contribution < 1.29 is 9.90 Å². The SMILES string of the molecule is CC(C)c1ccc(-c2ccccc2C(=O)C(O)c2ccccc2)cc1. The van der Waals surface area contributed by atoms with Crippen LogP contribution in [0.4, 0.5) is 0 Å². The van der Waals surface area contributed by atoms with E-state index in [0.29, 0.717) is 17.0 Å². The van der Waals surface area contributed by atoms with E-state index in [-0.39, 0.29) is 5.78 Å². The maximum Gasteiger partial charge on any atom is 0.196 e. The van der Waals surface area contributed by atoms with E-state index in [0.717, 1.165) is 11.1 Å². The van der Waals surface area contributed by atoms with Crippen LogP contribution in [0.2, 0.25) is 0 Å². The number of ketones is 1. The predicted octanol–water partition coefficient (Wildman–Crippen LogP) is 5.39. The molecule has 0 aromatic heterocycles. The molecule has 0 heterocycles. The Morgan fingerprint density at radius 2 is 1.36 bits per heavy atom. The third-order valence-corrected chi connectivity index (χ3v) is 4.44. The van der Waals surface area contributed by atoms with Crippen LogP contribution in [0.3, 0.4) is 0 Å². The molecule has 1 N–H and O–H groups in total. The lowest BCUT2D eigenvalue weighted by atomic mass is 9.91. The van der Waals surface area contributed by atoms with Crippen molar-refractivity contribution in [2.75, 3.05) is 0 Å². The first-order valence-electron chi connectivity index (χ1n) is 8.54. The summed E-state index contributed by atoms with van der Waals surface area (Å²) < 4.78 is 0. The van der Waals surface area contributed by atoms with Gasteiger partial charge in [-0.1, -0.05) is 92.7 Å². The monoisotopic (exact) mass is 330 g/mol. The zero-order valence-electron chi connectivity index (χ0n) is 14.5. The Labute approximate surface area is 148 Å². The van der Waals surface area contributed by atoms with Gasteiger partial charge in [-0.05, 0) is 28.2 Å². The first-order chi connectivity index (χ1) is 12.1. The number of rotatable bonds is 5. The van der Waals surface area contributed by atoms with Gasteiger partial charge in [0.1, 0.15) is 6.10 Å². The minimum Gasteiger partial charge on any atom is -0.380 e. The van der Waals surface area contributed by atoms with Crippen molar-refractivity contribution in [3.63, 3.8) is 0 Å². The van der Waals surface area contributed by atoms with Gasteiger partial charge in [-0.25, -0.2) is 0 Å². The van der Waals surface area contributed by atoms with Gasteiger partial charge in [0.05, 0.1) is 0 Å². The first kappa shape index (κ1) is 17.1. The fourth-order valence-corrected chi connectivity index (χ4v) is 2.93. The number of carbonyl (C=O) groups excluding carboxylic acids is 1. The molecule has 0 aliphatic rings. The standard InChI is InChI=1S/C23H22O2/c1-16(2)17-12-14-18(15-13-17)20-10-6-7-11-21(20)23(25)22(24)19-8-4-3-5-9-19/h3-16,22,24H,1-2H3.